The summed E-state index contributed by atoms with van der Waals surface area (Å²) in [4.78, 5) is 6.75. The highest BCUT2D eigenvalue weighted by Crippen LogP contribution is 2.49. The van der Waals surface area contributed by atoms with Gasteiger partial charge in [0.2, 0.25) is 0 Å². The maximum absolute atomic E-state index is 6.38. The van der Waals surface area contributed by atoms with E-state index in [2.05, 4.69) is 32.7 Å². The fourth-order valence-corrected chi connectivity index (χ4v) is 3.55. The summed E-state index contributed by atoms with van der Waals surface area (Å²) in [5, 5.41) is 7.75. The molecule has 2 fully saturated rings. The Labute approximate surface area is 172 Å². The van der Waals surface area contributed by atoms with E-state index in [-0.39, 0.29) is 29.4 Å². The molecule has 1 aliphatic carbocycles. The van der Waals surface area contributed by atoms with Gasteiger partial charge in [0.1, 0.15) is 0 Å². The van der Waals surface area contributed by atoms with E-state index in [0.717, 1.165) is 56.9 Å². The second kappa shape index (κ2) is 9.94. The first-order valence-corrected chi connectivity index (χ1v) is 9.11. The summed E-state index contributed by atoms with van der Waals surface area (Å²) >= 11 is 6.38. The van der Waals surface area contributed by atoms with Crippen molar-refractivity contribution in [2.24, 2.45) is 4.99 Å². The van der Waals surface area contributed by atoms with E-state index >= 15 is 0 Å². The molecule has 1 aromatic carbocycles. The molecule has 0 atom stereocenters. The molecule has 0 aromatic heterocycles. The zero-order valence-corrected chi connectivity index (χ0v) is 17.8. The molecule has 140 valence electrons. The summed E-state index contributed by atoms with van der Waals surface area (Å²) in [5.74, 6) is 0.863. The van der Waals surface area contributed by atoms with Gasteiger partial charge in [0, 0.05) is 50.2 Å². The standard InChI is InChI=1S/C18H27ClN4O.HI/c1-20-17(21-8-9-23-10-12-24-13-11-23)22-14-18(6-7-18)15-4-2-3-5-16(15)19;/h2-5H,6-14H2,1H3,(H2,20,21,22);1H. The van der Waals surface area contributed by atoms with E-state index in [9.17, 15) is 0 Å². The van der Waals surface area contributed by atoms with E-state index < -0.39 is 0 Å². The summed E-state index contributed by atoms with van der Waals surface area (Å²) < 4.78 is 5.37. The Bertz CT molecular complexity index is 574. The van der Waals surface area contributed by atoms with Gasteiger partial charge in [-0.05, 0) is 24.5 Å². The molecule has 0 bridgehead atoms. The van der Waals surface area contributed by atoms with Crippen LogP contribution in [0, 0.1) is 0 Å². The predicted molar refractivity (Wildman–Crippen MR) is 114 cm³/mol. The Kier molecular flexibility index (Phi) is 8.25. The topological polar surface area (TPSA) is 48.9 Å². The zero-order chi connectivity index (χ0) is 16.8. The Balaban J connectivity index is 0.00000225. The molecule has 0 radical (unpaired) electrons. The molecule has 3 rings (SSSR count). The van der Waals surface area contributed by atoms with E-state index in [1.54, 1.807) is 0 Å². The smallest absolute Gasteiger partial charge is 0.191 e. The van der Waals surface area contributed by atoms with Crippen molar-refractivity contribution in [2.75, 3.05) is 53.0 Å². The largest absolute Gasteiger partial charge is 0.379 e. The van der Waals surface area contributed by atoms with Crippen LogP contribution in [0.5, 0.6) is 0 Å². The number of morpholine rings is 1. The van der Waals surface area contributed by atoms with Gasteiger partial charge < -0.3 is 15.4 Å². The number of nitrogens with zero attached hydrogens (tertiary/aromatic N) is 2. The minimum atomic E-state index is 0. The van der Waals surface area contributed by atoms with Gasteiger partial charge in [-0.3, -0.25) is 9.89 Å². The molecule has 5 nitrogen and oxygen atoms in total. The van der Waals surface area contributed by atoms with Crippen LogP contribution in [0.2, 0.25) is 5.02 Å². The lowest BCUT2D eigenvalue weighted by molar-refractivity contribution is 0.0389. The first-order valence-electron chi connectivity index (χ1n) is 8.73. The quantitative estimate of drug-likeness (QED) is 0.375. The van der Waals surface area contributed by atoms with Gasteiger partial charge in [-0.2, -0.15) is 0 Å². The molecule has 2 N–H and O–H groups in total. The summed E-state index contributed by atoms with van der Waals surface area (Å²) in [5.41, 5.74) is 1.42. The Morgan fingerprint density at radius 3 is 2.60 bits per heavy atom. The van der Waals surface area contributed by atoms with Crippen LogP contribution in [0.25, 0.3) is 0 Å². The molecule has 25 heavy (non-hydrogen) atoms. The van der Waals surface area contributed by atoms with Crippen molar-refractivity contribution in [3.8, 4) is 0 Å². The molecule has 7 heteroatoms. The molecule has 1 aliphatic heterocycles. The van der Waals surface area contributed by atoms with Crippen molar-refractivity contribution in [2.45, 2.75) is 18.3 Å². The number of guanidine groups is 1. The zero-order valence-electron chi connectivity index (χ0n) is 14.8. The fraction of sp³-hybridized carbons (Fsp3) is 0.611. The van der Waals surface area contributed by atoms with Gasteiger partial charge in [0.05, 0.1) is 13.2 Å². The third-order valence-electron chi connectivity index (χ3n) is 4.94. The van der Waals surface area contributed by atoms with Crippen LogP contribution in [-0.2, 0) is 10.2 Å². The number of rotatable bonds is 6. The van der Waals surface area contributed by atoms with Crippen LogP contribution >= 0.6 is 35.6 Å². The van der Waals surface area contributed by atoms with Gasteiger partial charge in [0.15, 0.2) is 5.96 Å². The van der Waals surface area contributed by atoms with Crippen molar-refractivity contribution in [1.82, 2.24) is 15.5 Å². The molecule has 0 spiro atoms. The molecule has 1 saturated heterocycles. The van der Waals surface area contributed by atoms with Crippen molar-refractivity contribution >= 4 is 41.5 Å². The van der Waals surface area contributed by atoms with Crippen molar-refractivity contribution < 1.29 is 4.74 Å². The molecular formula is C18H28ClIN4O. The number of benzene rings is 1. The highest BCUT2D eigenvalue weighted by Gasteiger charge is 2.45. The van der Waals surface area contributed by atoms with Crippen LogP contribution in [0.1, 0.15) is 18.4 Å². The Morgan fingerprint density at radius 2 is 1.96 bits per heavy atom. The normalized spacial score (nSPS) is 19.8. The minimum Gasteiger partial charge on any atom is -0.379 e. The number of hydrogen-bond acceptors (Lipinski definition) is 3. The van der Waals surface area contributed by atoms with Crippen LogP contribution in [0.3, 0.4) is 0 Å². The lowest BCUT2D eigenvalue weighted by Crippen LogP contribution is -2.45. The van der Waals surface area contributed by atoms with Crippen molar-refractivity contribution in [3.63, 3.8) is 0 Å². The van der Waals surface area contributed by atoms with E-state index in [1.807, 2.05) is 19.2 Å². The Morgan fingerprint density at radius 1 is 1.24 bits per heavy atom. The van der Waals surface area contributed by atoms with Gasteiger partial charge >= 0.3 is 0 Å². The monoisotopic (exact) mass is 478 g/mol. The lowest BCUT2D eigenvalue weighted by Gasteiger charge is -2.27. The fourth-order valence-electron chi connectivity index (χ4n) is 3.21. The highest BCUT2D eigenvalue weighted by molar-refractivity contribution is 14.0. The minimum absolute atomic E-state index is 0. The second-order valence-electron chi connectivity index (χ2n) is 6.57. The maximum atomic E-state index is 6.38. The van der Waals surface area contributed by atoms with E-state index in [4.69, 9.17) is 16.3 Å². The molecule has 0 unspecified atom stereocenters. The Hall–Kier alpha value is -0.570. The second-order valence-corrected chi connectivity index (χ2v) is 6.97. The number of nitrogens with one attached hydrogen (secondary N) is 2. The van der Waals surface area contributed by atoms with Gasteiger partial charge in [-0.25, -0.2) is 0 Å². The first kappa shape index (κ1) is 20.7. The highest BCUT2D eigenvalue weighted by atomic mass is 127. The number of hydrogen-bond donors (Lipinski definition) is 2. The first-order chi connectivity index (χ1) is 11.7. The van der Waals surface area contributed by atoms with Crippen LogP contribution in [0.15, 0.2) is 29.3 Å². The molecule has 1 saturated carbocycles. The summed E-state index contributed by atoms with van der Waals surface area (Å²) in [6, 6.07) is 8.18. The molecule has 0 amide bonds. The molecule has 1 heterocycles. The summed E-state index contributed by atoms with van der Waals surface area (Å²) in [6.07, 6.45) is 2.35. The van der Waals surface area contributed by atoms with E-state index in [0.29, 0.717) is 0 Å². The van der Waals surface area contributed by atoms with Crippen molar-refractivity contribution in [1.29, 1.82) is 0 Å². The average Bonchev–Trinajstić information content (AvgIpc) is 3.40. The third kappa shape index (κ3) is 5.70. The third-order valence-corrected chi connectivity index (χ3v) is 5.27. The summed E-state index contributed by atoms with van der Waals surface area (Å²) in [6.45, 7) is 6.49. The SMILES string of the molecule is CN=C(NCCN1CCOCC1)NCC1(c2ccccc2Cl)CC1.I. The molecular weight excluding hydrogens is 451 g/mol. The molecule has 2 aliphatic rings. The average molecular weight is 479 g/mol. The van der Waals surface area contributed by atoms with Crippen molar-refractivity contribution in [3.05, 3.63) is 34.9 Å². The van der Waals surface area contributed by atoms with Crippen LogP contribution in [0.4, 0.5) is 0 Å². The maximum Gasteiger partial charge on any atom is 0.191 e. The van der Waals surface area contributed by atoms with Gasteiger partial charge in [-0.15, -0.1) is 24.0 Å². The van der Waals surface area contributed by atoms with Crippen LogP contribution in [-0.4, -0.2) is 63.8 Å². The number of ether oxygens (including phenoxy) is 1. The summed E-state index contributed by atoms with van der Waals surface area (Å²) in [7, 11) is 1.82. The van der Waals surface area contributed by atoms with Gasteiger partial charge in [-0.1, -0.05) is 29.8 Å². The van der Waals surface area contributed by atoms with Crippen LogP contribution < -0.4 is 10.6 Å². The lowest BCUT2D eigenvalue weighted by atomic mass is 9.96. The predicted octanol–water partition coefficient (Wildman–Crippen LogP) is 2.49. The van der Waals surface area contributed by atoms with E-state index in [1.165, 1.54) is 18.4 Å². The number of aliphatic imine (C=N–C) groups is 1. The number of halogens is 2. The molecule has 1 aromatic rings. The van der Waals surface area contributed by atoms with Gasteiger partial charge in [0.25, 0.3) is 0 Å².